The first-order chi connectivity index (χ1) is 15.5. The Balaban J connectivity index is 1.44. The highest BCUT2D eigenvalue weighted by Crippen LogP contribution is 2.39. The molecule has 0 bridgehead atoms. The summed E-state index contributed by atoms with van der Waals surface area (Å²) in [6, 6.07) is 12.1. The van der Waals surface area contributed by atoms with Crippen LogP contribution in [0.3, 0.4) is 0 Å². The van der Waals surface area contributed by atoms with Crippen LogP contribution in [0.25, 0.3) is 0 Å². The van der Waals surface area contributed by atoms with Gasteiger partial charge in [0.15, 0.2) is 11.5 Å². The van der Waals surface area contributed by atoms with Crippen LogP contribution in [0, 0.1) is 5.82 Å². The van der Waals surface area contributed by atoms with Gasteiger partial charge in [0.05, 0.1) is 10.6 Å². The maximum absolute atomic E-state index is 13.7. The number of ether oxygens (including phenoxy) is 2. The van der Waals surface area contributed by atoms with Crippen LogP contribution in [-0.4, -0.2) is 39.2 Å². The van der Waals surface area contributed by atoms with Crippen LogP contribution in [0.15, 0.2) is 64.2 Å². The number of nitrogens with zero attached hydrogens (tertiary/aromatic N) is 2. The molecule has 1 saturated heterocycles. The number of likely N-dealkylation sites (tertiary alicyclic amines) is 1. The Kier molecular flexibility index (Phi) is 5.79. The number of rotatable bonds is 6. The molecule has 0 atom stereocenters. The monoisotopic (exact) mass is 474 g/mol. The summed E-state index contributed by atoms with van der Waals surface area (Å²) in [5.41, 5.74) is 1.80. The van der Waals surface area contributed by atoms with Gasteiger partial charge in [-0.15, -0.1) is 0 Å². The number of piperidine rings is 1. The molecule has 168 valence electrons. The molecule has 9 heteroatoms. The molecule has 32 heavy (non-hydrogen) atoms. The van der Waals surface area contributed by atoms with E-state index in [2.05, 4.69) is 21.7 Å². The van der Waals surface area contributed by atoms with Crippen LogP contribution in [-0.2, 0) is 16.6 Å². The van der Waals surface area contributed by atoms with Gasteiger partial charge in [0.2, 0.25) is 6.79 Å². The molecule has 0 aliphatic carbocycles. The topological polar surface area (TPSA) is 59.1 Å². The predicted molar refractivity (Wildman–Crippen MR) is 121 cm³/mol. The second kappa shape index (κ2) is 8.73. The van der Waals surface area contributed by atoms with Gasteiger partial charge in [-0.2, -0.15) is 11.3 Å². The smallest absolute Gasteiger partial charge is 0.264 e. The minimum atomic E-state index is -3.90. The number of anilines is 1. The summed E-state index contributed by atoms with van der Waals surface area (Å²) in [6.45, 7) is 2.57. The summed E-state index contributed by atoms with van der Waals surface area (Å²) in [5.74, 6) is 0.649. The maximum Gasteiger partial charge on any atom is 0.264 e. The fraction of sp³-hybridized carbons (Fsp3) is 0.304. The third-order valence-electron chi connectivity index (χ3n) is 5.86. The predicted octanol–water partition coefficient (Wildman–Crippen LogP) is 4.48. The van der Waals surface area contributed by atoms with E-state index < -0.39 is 15.8 Å². The number of halogens is 1. The summed E-state index contributed by atoms with van der Waals surface area (Å²) in [7, 11) is -3.90. The lowest BCUT2D eigenvalue weighted by atomic mass is 10.0. The van der Waals surface area contributed by atoms with Gasteiger partial charge < -0.3 is 9.47 Å². The molecule has 6 nitrogen and oxygen atoms in total. The van der Waals surface area contributed by atoms with E-state index in [1.165, 1.54) is 34.1 Å². The average molecular weight is 475 g/mol. The third kappa shape index (κ3) is 4.20. The van der Waals surface area contributed by atoms with Crippen molar-refractivity contribution >= 4 is 27.0 Å². The molecule has 0 radical (unpaired) electrons. The van der Waals surface area contributed by atoms with E-state index >= 15 is 0 Å². The van der Waals surface area contributed by atoms with E-state index in [0.717, 1.165) is 19.6 Å². The van der Waals surface area contributed by atoms with Gasteiger partial charge in [0.25, 0.3) is 10.0 Å². The zero-order chi connectivity index (χ0) is 22.1. The summed E-state index contributed by atoms with van der Waals surface area (Å²) in [5, 5.41) is 4.21. The Hall–Kier alpha value is -2.62. The van der Waals surface area contributed by atoms with Crippen molar-refractivity contribution in [2.45, 2.75) is 30.3 Å². The first kappa shape index (κ1) is 21.2. The Morgan fingerprint density at radius 1 is 1.03 bits per heavy atom. The largest absolute Gasteiger partial charge is 0.454 e. The van der Waals surface area contributed by atoms with Crippen LogP contribution in [0.4, 0.5) is 10.1 Å². The van der Waals surface area contributed by atoms with Gasteiger partial charge in [0.1, 0.15) is 5.82 Å². The number of fused-ring (bicyclic) bond motifs is 1. The van der Waals surface area contributed by atoms with Crippen LogP contribution in [0.5, 0.6) is 11.5 Å². The molecule has 2 aromatic carbocycles. The van der Waals surface area contributed by atoms with E-state index in [0.29, 0.717) is 30.0 Å². The number of hydrogen-bond acceptors (Lipinski definition) is 6. The normalized spacial score (nSPS) is 16.9. The second-order valence-electron chi connectivity index (χ2n) is 7.93. The van der Waals surface area contributed by atoms with E-state index in [9.17, 15) is 12.8 Å². The molecular weight excluding hydrogens is 451 g/mol. The molecule has 0 N–H and O–H groups in total. The van der Waals surface area contributed by atoms with Gasteiger partial charge in [0, 0.05) is 31.7 Å². The molecule has 0 amide bonds. The van der Waals surface area contributed by atoms with Crippen molar-refractivity contribution in [2.75, 3.05) is 24.2 Å². The maximum atomic E-state index is 13.7. The molecule has 3 aromatic rings. The Morgan fingerprint density at radius 3 is 2.50 bits per heavy atom. The average Bonchev–Trinajstić information content (AvgIpc) is 3.47. The van der Waals surface area contributed by atoms with Crippen molar-refractivity contribution < 1.29 is 22.3 Å². The Bertz CT molecular complexity index is 1180. The summed E-state index contributed by atoms with van der Waals surface area (Å²) in [4.78, 5) is 2.42. The van der Waals surface area contributed by atoms with Crippen LogP contribution < -0.4 is 13.8 Å². The number of benzene rings is 2. The van der Waals surface area contributed by atoms with Crippen molar-refractivity contribution in [1.29, 1.82) is 0 Å². The van der Waals surface area contributed by atoms with Crippen molar-refractivity contribution in [3.8, 4) is 11.5 Å². The Morgan fingerprint density at radius 2 is 1.78 bits per heavy atom. The van der Waals surface area contributed by atoms with E-state index in [1.54, 1.807) is 29.5 Å². The number of hydrogen-bond donors (Lipinski definition) is 0. The second-order valence-corrected chi connectivity index (χ2v) is 10.5. The lowest BCUT2D eigenvalue weighted by molar-refractivity contribution is 0.174. The van der Waals surface area contributed by atoms with Crippen molar-refractivity contribution in [3.63, 3.8) is 0 Å². The first-order valence-corrected chi connectivity index (χ1v) is 12.8. The highest BCUT2D eigenvalue weighted by Gasteiger charge is 2.35. The van der Waals surface area contributed by atoms with E-state index in [-0.39, 0.29) is 17.7 Å². The van der Waals surface area contributed by atoms with Gasteiger partial charge in [-0.3, -0.25) is 9.21 Å². The minimum Gasteiger partial charge on any atom is -0.454 e. The summed E-state index contributed by atoms with van der Waals surface area (Å²) in [6.07, 6.45) is 1.39. The number of sulfonamides is 1. The van der Waals surface area contributed by atoms with E-state index in [4.69, 9.17) is 9.47 Å². The highest BCUT2D eigenvalue weighted by molar-refractivity contribution is 7.92. The molecule has 3 heterocycles. The lowest BCUT2D eigenvalue weighted by Gasteiger charge is -2.39. The molecule has 1 fully saturated rings. The Labute approximate surface area is 190 Å². The van der Waals surface area contributed by atoms with Crippen molar-refractivity contribution in [2.24, 2.45) is 0 Å². The summed E-state index contributed by atoms with van der Waals surface area (Å²) < 4.78 is 53.2. The number of thiophene rings is 1. The molecular formula is C23H23FN2O4S2. The third-order valence-corrected chi connectivity index (χ3v) is 8.48. The van der Waals surface area contributed by atoms with Gasteiger partial charge >= 0.3 is 0 Å². The van der Waals surface area contributed by atoms with Gasteiger partial charge in [-0.05, 0) is 71.6 Å². The molecule has 2 aliphatic rings. The molecule has 5 rings (SSSR count). The summed E-state index contributed by atoms with van der Waals surface area (Å²) >= 11 is 1.68. The first-order valence-electron chi connectivity index (χ1n) is 10.4. The SMILES string of the molecule is O=S(=O)(c1ccc(F)cc1)N(c1ccc2c(c1)OCO2)C1CCN(Cc2ccsc2)CC1. The van der Waals surface area contributed by atoms with Crippen molar-refractivity contribution in [1.82, 2.24) is 4.90 Å². The molecule has 2 aliphatic heterocycles. The minimum absolute atomic E-state index is 0.0669. The van der Waals surface area contributed by atoms with E-state index in [1.807, 2.05) is 0 Å². The molecule has 1 aromatic heterocycles. The van der Waals surface area contributed by atoms with Crippen molar-refractivity contribution in [3.05, 3.63) is 70.7 Å². The highest BCUT2D eigenvalue weighted by atomic mass is 32.2. The fourth-order valence-electron chi connectivity index (χ4n) is 4.24. The van der Waals surface area contributed by atoms with Crippen LogP contribution in [0.2, 0.25) is 0 Å². The molecule has 0 saturated carbocycles. The lowest BCUT2D eigenvalue weighted by Crippen LogP contribution is -2.47. The quantitative estimate of drug-likeness (QED) is 0.527. The van der Waals surface area contributed by atoms with Crippen LogP contribution >= 0.6 is 11.3 Å². The zero-order valence-electron chi connectivity index (χ0n) is 17.3. The van der Waals surface area contributed by atoms with Crippen LogP contribution in [0.1, 0.15) is 18.4 Å². The van der Waals surface area contributed by atoms with Gasteiger partial charge in [-0.1, -0.05) is 0 Å². The molecule has 0 spiro atoms. The fourth-order valence-corrected chi connectivity index (χ4v) is 6.60. The molecule has 0 unspecified atom stereocenters. The standard InChI is InChI=1S/C23H23FN2O4S2/c24-18-1-4-21(5-2-18)32(27,28)26(20-3-6-22-23(13-20)30-16-29-22)19-7-10-25(11-8-19)14-17-9-12-31-15-17/h1-6,9,12-13,15,19H,7-8,10-11,14,16H2. The van der Waals surface area contributed by atoms with Gasteiger partial charge in [-0.25, -0.2) is 12.8 Å². The zero-order valence-corrected chi connectivity index (χ0v) is 18.9.